The molecule has 0 heterocycles. The summed E-state index contributed by atoms with van der Waals surface area (Å²) in [6.07, 6.45) is 0. The predicted octanol–water partition coefficient (Wildman–Crippen LogP) is 4.55. The highest BCUT2D eigenvalue weighted by Gasteiger charge is 2.34. The van der Waals surface area contributed by atoms with Crippen LogP contribution in [0.2, 0.25) is 5.02 Å². The minimum Gasteiger partial charge on any atom is -0.394 e. The van der Waals surface area contributed by atoms with Crippen molar-refractivity contribution in [2.24, 2.45) is 0 Å². The van der Waals surface area contributed by atoms with Crippen LogP contribution in [0.15, 0.2) is 77.7 Å². The van der Waals surface area contributed by atoms with Crippen molar-refractivity contribution in [1.82, 2.24) is 0 Å². The molecule has 146 valence electrons. The summed E-state index contributed by atoms with van der Waals surface area (Å²) in [6, 6.07) is 14.9. The van der Waals surface area contributed by atoms with Crippen LogP contribution >= 0.6 is 11.6 Å². The molecule has 0 saturated heterocycles. The second-order valence-corrected chi connectivity index (χ2v) is 8.21. The summed E-state index contributed by atoms with van der Waals surface area (Å²) < 4.78 is 55.8. The zero-order chi connectivity index (χ0) is 20.3. The summed E-state index contributed by atoms with van der Waals surface area (Å²) in [6.45, 7) is -0.646. The molecule has 8 heteroatoms. The number of aliphatic hydroxyl groups is 1. The number of benzene rings is 3. The van der Waals surface area contributed by atoms with Gasteiger partial charge in [0.2, 0.25) is 0 Å². The average Bonchev–Trinajstić information content (AvgIpc) is 2.69. The molecule has 0 unspecified atom stereocenters. The molecular formula is C20H16ClF2NO3S. The lowest BCUT2D eigenvalue weighted by Gasteiger charge is -2.32. The van der Waals surface area contributed by atoms with Crippen LogP contribution in [0, 0.1) is 11.6 Å². The molecule has 0 aromatic heterocycles. The van der Waals surface area contributed by atoms with E-state index in [0.29, 0.717) is 14.9 Å². The minimum absolute atomic E-state index is 0.171. The van der Waals surface area contributed by atoms with E-state index in [4.69, 9.17) is 11.6 Å². The third-order valence-corrected chi connectivity index (χ3v) is 6.25. The van der Waals surface area contributed by atoms with Crippen molar-refractivity contribution < 1.29 is 22.3 Å². The number of sulfonamides is 1. The van der Waals surface area contributed by atoms with Gasteiger partial charge in [-0.1, -0.05) is 41.9 Å². The second-order valence-electron chi connectivity index (χ2n) is 5.96. The van der Waals surface area contributed by atoms with E-state index in [-0.39, 0.29) is 4.90 Å². The second kappa shape index (κ2) is 8.26. The van der Waals surface area contributed by atoms with Gasteiger partial charge in [-0.15, -0.1) is 0 Å². The Bertz CT molecular complexity index is 1060. The van der Waals surface area contributed by atoms with Crippen LogP contribution in [0.4, 0.5) is 14.5 Å². The molecule has 0 amide bonds. The van der Waals surface area contributed by atoms with Gasteiger partial charge in [0, 0.05) is 11.1 Å². The Morgan fingerprint density at radius 1 is 0.964 bits per heavy atom. The maximum Gasteiger partial charge on any atom is 0.265 e. The Hall–Kier alpha value is -2.48. The van der Waals surface area contributed by atoms with Crippen LogP contribution in [-0.4, -0.2) is 20.1 Å². The largest absolute Gasteiger partial charge is 0.394 e. The third-order valence-electron chi connectivity index (χ3n) is 4.16. The number of hydrogen-bond acceptors (Lipinski definition) is 3. The predicted molar refractivity (Wildman–Crippen MR) is 104 cm³/mol. The van der Waals surface area contributed by atoms with E-state index in [2.05, 4.69) is 0 Å². The highest BCUT2D eigenvalue weighted by atomic mass is 35.5. The molecule has 0 saturated carbocycles. The fourth-order valence-electron chi connectivity index (χ4n) is 2.83. The summed E-state index contributed by atoms with van der Waals surface area (Å²) in [5, 5.41) is 10.3. The van der Waals surface area contributed by atoms with Gasteiger partial charge in [0.25, 0.3) is 10.0 Å². The van der Waals surface area contributed by atoms with Gasteiger partial charge in [-0.2, -0.15) is 0 Å². The van der Waals surface area contributed by atoms with E-state index < -0.39 is 40.0 Å². The smallest absolute Gasteiger partial charge is 0.265 e. The van der Waals surface area contributed by atoms with Crippen molar-refractivity contribution in [2.75, 3.05) is 10.9 Å². The summed E-state index contributed by atoms with van der Waals surface area (Å²) in [5.74, 6) is -1.74. The number of anilines is 1. The average molecular weight is 424 g/mol. The first-order valence-electron chi connectivity index (χ1n) is 8.25. The molecule has 0 fully saturated rings. The van der Waals surface area contributed by atoms with E-state index in [1.807, 2.05) is 0 Å². The lowest BCUT2D eigenvalue weighted by molar-refractivity contribution is 0.268. The summed E-state index contributed by atoms with van der Waals surface area (Å²) in [7, 11) is -4.36. The quantitative estimate of drug-likeness (QED) is 0.633. The lowest BCUT2D eigenvalue weighted by atomic mass is 10.1. The molecule has 0 bridgehead atoms. The molecule has 0 spiro atoms. The Morgan fingerprint density at radius 3 is 2.21 bits per heavy atom. The van der Waals surface area contributed by atoms with Crippen molar-refractivity contribution in [3.05, 3.63) is 95.0 Å². The van der Waals surface area contributed by atoms with Crippen molar-refractivity contribution in [2.45, 2.75) is 10.9 Å². The first-order valence-corrected chi connectivity index (χ1v) is 10.1. The molecule has 0 aliphatic heterocycles. The van der Waals surface area contributed by atoms with Gasteiger partial charge >= 0.3 is 0 Å². The van der Waals surface area contributed by atoms with Crippen LogP contribution in [0.3, 0.4) is 0 Å². The van der Waals surface area contributed by atoms with Gasteiger partial charge in [-0.3, -0.25) is 4.31 Å². The van der Waals surface area contributed by atoms with E-state index >= 15 is 0 Å². The van der Waals surface area contributed by atoms with Crippen molar-refractivity contribution >= 4 is 27.3 Å². The maximum absolute atomic E-state index is 14.6. The SMILES string of the molecule is O=S(=O)(c1ccc(Cl)cc1)N(c1cc(F)ccc1F)[C@H](CO)c1ccccc1. The van der Waals surface area contributed by atoms with Crippen LogP contribution in [0.25, 0.3) is 0 Å². The number of rotatable bonds is 6. The Morgan fingerprint density at radius 2 is 1.61 bits per heavy atom. The standard InChI is InChI=1S/C20H16ClF2NO3S/c21-15-6-9-17(10-7-15)28(26,27)24(19-12-16(22)8-11-18(19)23)20(13-25)14-4-2-1-3-5-14/h1-12,20,25H,13H2/t20-/m1/s1. The van der Waals surface area contributed by atoms with Crippen molar-refractivity contribution in [3.63, 3.8) is 0 Å². The van der Waals surface area contributed by atoms with E-state index in [9.17, 15) is 22.3 Å². The molecular weight excluding hydrogens is 408 g/mol. The fraction of sp³-hybridized carbons (Fsp3) is 0.100. The normalized spacial score (nSPS) is 12.6. The lowest BCUT2D eigenvalue weighted by Crippen LogP contribution is -2.37. The minimum atomic E-state index is -4.36. The zero-order valence-corrected chi connectivity index (χ0v) is 16.0. The first kappa shape index (κ1) is 20.3. The van der Waals surface area contributed by atoms with Gasteiger partial charge < -0.3 is 5.11 Å². The van der Waals surface area contributed by atoms with E-state index in [0.717, 1.165) is 18.2 Å². The van der Waals surface area contributed by atoms with Crippen molar-refractivity contribution in [3.8, 4) is 0 Å². The molecule has 3 aromatic rings. The molecule has 1 N–H and O–H groups in total. The summed E-state index contributed by atoms with van der Waals surface area (Å²) in [4.78, 5) is -0.171. The van der Waals surface area contributed by atoms with Crippen LogP contribution in [0.5, 0.6) is 0 Å². The molecule has 3 aromatic carbocycles. The van der Waals surface area contributed by atoms with Gasteiger partial charge in [-0.05, 0) is 42.0 Å². The first-order chi connectivity index (χ1) is 13.3. The van der Waals surface area contributed by atoms with Crippen LogP contribution in [-0.2, 0) is 10.0 Å². The van der Waals surface area contributed by atoms with Gasteiger partial charge in [0.05, 0.1) is 23.2 Å². The topological polar surface area (TPSA) is 57.6 Å². The molecule has 28 heavy (non-hydrogen) atoms. The van der Waals surface area contributed by atoms with Gasteiger partial charge in [0.15, 0.2) is 0 Å². The van der Waals surface area contributed by atoms with Crippen molar-refractivity contribution in [1.29, 1.82) is 0 Å². The Labute approximate surface area is 166 Å². The number of halogens is 3. The monoisotopic (exact) mass is 423 g/mol. The van der Waals surface area contributed by atoms with E-state index in [1.54, 1.807) is 30.3 Å². The summed E-state index contributed by atoms with van der Waals surface area (Å²) in [5.41, 5.74) is -0.0796. The highest BCUT2D eigenvalue weighted by molar-refractivity contribution is 7.92. The highest BCUT2D eigenvalue weighted by Crippen LogP contribution is 2.35. The Balaban J connectivity index is 2.25. The number of hydrogen-bond donors (Lipinski definition) is 1. The van der Waals surface area contributed by atoms with Gasteiger partial charge in [0.1, 0.15) is 11.6 Å². The zero-order valence-electron chi connectivity index (χ0n) is 14.5. The molecule has 0 aliphatic rings. The molecule has 0 radical (unpaired) electrons. The Kier molecular flexibility index (Phi) is 5.98. The van der Waals surface area contributed by atoms with Gasteiger partial charge in [-0.25, -0.2) is 17.2 Å². The third kappa shape index (κ3) is 4.01. The molecule has 3 rings (SSSR count). The molecule has 0 aliphatic carbocycles. The molecule has 4 nitrogen and oxygen atoms in total. The summed E-state index contributed by atoms with van der Waals surface area (Å²) >= 11 is 5.83. The maximum atomic E-state index is 14.6. The van der Waals surface area contributed by atoms with E-state index in [1.165, 1.54) is 24.3 Å². The molecule has 1 atom stereocenters. The number of nitrogens with zero attached hydrogens (tertiary/aromatic N) is 1. The number of aliphatic hydroxyl groups excluding tert-OH is 1. The van der Waals surface area contributed by atoms with Crippen LogP contribution in [0.1, 0.15) is 11.6 Å². The van der Waals surface area contributed by atoms with Crippen LogP contribution < -0.4 is 4.31 Å². The fourth-order valence-corrected chi connectivity index (χ4v) is 4.59.